The number of ether oxygens (including phenoxy) is 1. The van der Waals surface area contributed by atoms with Crippen molar-refractivity contribution in [1.29, 1.82) is 0 Å². The van der Waals surface area contributed by atoms with Crippen LogP contribution in [-0.4, -0.2) is 44.9 Å². The molecule has 1 heterocycles. The van der Waals surface area contributed by atoms with E-state index in [0.717, 1.165) is 6.42 Å². The van der Waals surface area contributed by atoms with E-state index < -0.39 is 12.0 Å². The molecule has 196 valence electrons. The van der Waals surface area contributed by atoms with Crippen LogP contribution in [0.1, 0.15) is 59.8 Å². The number of thioether (sulfide) groups is 1. The summed E-state index contributed by atoms with van der Waals surface area (Å²) in [6.07, 6.45) is 0.731. The Balaban J connectivity index is 1.63. The van der Waals surface area contributed by atoms with E-state index in [1.54, 1.807) is 60.1 Å². The minimum Gasteiger partial charge on any atom is -0.462 e. The highest BCUT2D eigenvalue weighted by Gasteiger charge is 2.26. The normalized spacial score (nSPS) is 11.7. The van der Waals surface area contributed by atoms with Gasteiger partial charge in [0.2, 0.25) is 5.91 Å². The van der Waals surface area contributed by atoms with Gasteiger partial charge in [-0.2, -0.15) is 0 Å². The molecule has 9 nitrogen and oxygen atoms in total. The second kappa shape index (κ2) is 13.3. The van der Waals surface area contributed by atoms with E-state index in [0.29, 0.717) is 39.4 Å². The number of anilines is 1. The Morgan fingerprint density at radius 2 is 1.86 bits per heavy atom. The molecule has 0 saturated heterocycles. The molecule has 0 spiro atoms. The number of benzene rings is 2. The molecule has 0 unspecified atom stereocenters. The minimum atomic E-state index is -0.430. The number of amides is 2. The number of hydrogen-bond donors (Lipinski definition) is 2. The van der Waals surface area contributed by atoms with Gasteiger partial charge in [0, 0.05) is 12.7 Å². The topological polar surface area (TPSA) is 115 Å². The maximum atomic E-state index is 12.8. The number of esters is 1. The quantitative estimate of drug-likeness (QED) is 0.261. The van der Waals surface area contributed by atoms with Gasteiger partial charge in [-0.05, 0) is 42.7 Å². The van der Waals surface area contributed by atoms with Gasteiger partial charge in [0.25, 0.3) is 5.91 Å². The van der Waals surface area contributed by atoms with Gasteiger partial charge in [-0.25, -0.2) is 4.79 Å². The number of aromatic nitrogens is 3. The second-order valence-corrected chi connectivity index (χ2v) is 9.98. The SMILES string of the molecule is CCCOC(=O)c1cccc(NC(=O)CSc2nnc([C@H](NC(=O)c3ccccc3Cl)C(C)C)n2C)c1. The number of halogens is 1. The van der Waals surface area contributed by atoms with Gasteiger partial charge < -0.3 is 19.9 Å². The zero-order chi connectivity index (χ0) is 26.9. The Morgan fingerprint density at radius 1 is 1.11 bits per heavy atom. The summed E-state index contributed by atoms with van der Waals surface area (Å²) in [6.45, 7) is 6.20. The summed E-state index contributed by atoms with van der Waals surface area (Å²) in [6, 6.07) is 13.0. The second-order valence-electron chi connectivity index (χ2n) is 8.63. The Hall–Kier alpha value is -3.37. The van der Waals surface area contributed by atoms with Gasteiger partial charge in [0.05, 0.1) is 34.6 Å². The molecular formula is C26H30ClN5O4S. The smallest absolute Gasteiger partial charge is 0.338 e. The lowest BCUT2D eigenvalue weighted by atomic mass is 10.0. The molecule has 1 atom stereocenters. The Labute approximate surface area is 225 Å². The van der Waals surface area contributed by atoms with E-state index in [2.05, 4.69) is 20.8 Å². The minimum absolute atomic E-state index is 0.0202. The number of hydrogen-bond acceptors (Lipinski definition) is 7. The first kappa shape index (κ1) is 28.2. The molecule has 0 aliphatic heterocycles. The fourth-order valence-electron chi connectivity index (χ4n) is 3.45. The van der Waals surface area contributed by atoms with Crippen molar-refractivity contribution in [2.45, 2.75) is 38.4 Å². The zero-order valence-corrected chi connectivity index (χ0v) is 22.7. The first-order valence-corrected chi connectivity index (χ1v) is 13.2. The lowest BCUT2D eigenvalue weighted by Gasteiger charge is -2.22. The molecule has 0 aliphatic rings. The van der Waals surface area contributed by atoms with Crippen LogP contribution < -0.4 is 10.6 Å². The Morgan fingerprint density at radius 3 is 2.57 bits per heavy atom. The standard InChI is InChI=1S/C26H30ClN5O4S/c1-5-13-36-25(35)17-9-8-10-18(14-17)28-21(33)15-37-26-31-30-23(32(26)4)22(16(2)3)29-24(34)19-11-6-7-12-20(19)27/h6-12,14,16,22H,5,13,15H2,1-4H3,(H,28,33)(H,29,34)/t22-/m1/s1. The van der Waals surface area contributed by atoms with Crippen molar-refractivity contribution in [1.82, 2.24) is 20.1 Å². The lowest BCUT2D eigenvalue weighted by Crippen LogP contribution is -2.33. The zero-order valence-electron chi connectivity index (χ0n) is 21.2. The summed E-state index contributed by atoms with van der Waals surface area (Å²) >= 11 is 7.39. The summed E-state index contributed by atoms with van der Waals surface area (Å²) in [5.74, 6) is -0.333. The maximum absolute atomic E-state index is 12.8. The molecule has 1 aromatic heterocycles. The van der Waals surface area contributed by atoms with E-state index in [1.807, 2.05) is 20.8 Å². The monoisotopic (exact) mass is 543 g/mol. The lowest BCUT2D eigenvalue weighted by molar-refractivity contribution is -0.113. The molecule has 0 radical (unpaired) electrons. The van der Waals surface area contributed by atoms with Gasteiger partial charge in [-0.3, -0.25) is 9.59 Å². The fourth-order valence-corrected chi connectivity index (χ4v) is 4.39. The van der Waals surface area contributed by atoms with Crippen LogP contribution in [0.15, 0.2) is 53.7 Å². The summed E-state index contributed by atoms with van der Waals surface area (Å²) in [7, 11) is 1.79. The van der Waals surface area contributed by atoms with Crippen molar-refractivity contribution in [3.63, 3.8) is 0 Å². The third-order valence-corrected chi connectivity index (χ3v) is 6.72. The number of carbonyl (C=O) groups is 3. The highest BCUT2D eigenvalue weighted by Crippen LogP contribution is 2.25. The largest absolute Gasteiger partial charge is 0.462 e. The van der Waals surface area contributed by atoms with Crippen molar-refractivity contribution >= 4 is 46.8 Å². The predicted molar refractivity (Wildman–Crippen MR) is 144 cm³/mol. The number of nitrogens with zero attached hydrogens (tertiary/aromatic N) is 3. The van der Waals surface area contributed by atoms with Crippen LogP contribution in [0.5, 0.6) is 0 Å². The summed E-state index contributed by atoms with van der Waals surface area (Å²) in [5.41, 5.74) is 1.25. The average molecular weight is 544 g/mol. The van der Waals surface area contributed by atoms with Crippen molar-refractivity contribution < 1.29 is 19.1 Å². The van der Waals surface area contributed by atoms with Gasteiger partial charge in [0.1, 0.15) is 0 Å². The number of rotatable bonds is 11. The third kappa shape index (κ3) is 7.56. The Bertz CT molecular complexity index is 1260. The highest BCUT2D eigenvalue weighted by molar-refractivity contribution is 7.99. The molecule has 2 aromatic carbocycles. The molecule has 11 heteroatoms. The summed E-state index contributed by atoms with van der Waals surface area (Å²) < 4.78 is 6.91. The summed E-state index contributed by atoms with van der Waals surface area (Å²) in [4.78, 5) is 37.5. The molecule has 3 aromatic rings. The van der Waals surface area contributed by atoms with E-state index in [1.165, 1.54) is 11.8 Å². The van der Waals surface area contributed by atoms with Crippen LogP contribution in [0.2, 0.25) is 5.02 Å². The van der Waals surface area contributed by atoms with E-state index in [4.69, 9.17) is 16.3 Å². The average Bonchev–Trinajstić information content (AvgIpc) is 3.24. The number of nitrogens with one attached hydrogen (secondary N) is 2. The maximum Gasteiger partial charge on any atom is 0.338 e. The van der Waals surface area contributed by atoms with Crippen LogP contribution in [0.4, 0.5) is 5.69 Å². The molecular weight excluding hydrogens is 514 g/mol. The molecule has 0 aliphatic carbocycles. The van der Waals surface area contributed by atoms with Crippen molar-refractivity contribution in [3.8, 4) is 0 Å². The van der Waals surface area contributed by atoms with Crippen LogP contribution >= 0.6 is 23.4 Å². The predicted octanol–water partition coefficient (Wildman–Crippen LogP) is 4.89. The van der Waals surface area contributed by atoms with E-state index >= 15 is 0 Å². The van der Waals surface area contributed by atoms with Gasteiger partial charge in [0.15, 0.2) is 11.0 Å². The molecule has 0 fully saturated rings. The van der Waals surface area contributed by atoms with Crippen LogP contribution in [0.25, 0.3) is 0 Å². The third-order valence-electron chi connectivity index (χ3n) is 5.37. The first-order valence-electron chi connectivity index (χ1n) is 11.9. The van der Waals surface area contributed by atoms with E-state index in [9.17, 15) is 14.4 Å². The van der Waals surface area contributed by atoms with Crippen molar-refractivity contribution in [2.75, 3.05) is 17.7 Å². The molecule has 0 saturated carbocycles. The molecule has 37 heavy (non-hydrogen) atoms. The molecule has 0 bridgehead atoms. The fraction of sp³-hybridized carbons (Fsp3) is 0.346. The molecule has 3 rings (SSSR count). The van der Waals surface area contributed by atoms with Crippen LogP contribution in [-0.2, 0) is 16.6 Å². The van der Waals surface area contributed by atoms with Crippen LogP contribution in [0.3, 0.4) is 0 Å². The van der Waals surface area contributed by atoms with Crippen molar-refractivity contribution in [2.24, 2.45) is 13.0 Å². The first-order chi connectivity index (χ1) is 17.7. The van der Waals surface area contributed by atoms with Crippen LogP contribution in [0, 0.1) is 5.92 Å². The number of carbonyl (C=O) groups excluding carboxylic acids is 3. The molecule has 2 amide bonds. The Kier molecular flexibility index (Phi) is 10.1. The highest BCUT2D eigenvalue weighted by atomic mass is 35.5. The van der Waals surface area contributed by atoms with Gasteiger partial charge in [-0.15, -0.1) is 10.2 Å². The van der Waals surface area contributed by atoms with Gasteiger partial charge in [-0.1, -0.05) is 62.3 Å². The van der Waals surface area contributed by atoms with E-state index in [-0.39, 0.29) is 23.5 Å². The van der Waals surface area contributed by atoms with Crippen molar-refractivity contribution in [3.05, 3.63) is 70.5 Å². The molecule has 2 N–H and O–H groups in total. The summed E-state index contributed by atoms with van der Waals surface area (Å²) in [5, 5.41) is 15.2. The van der Waals surface area contributed by atoms with Gasteiger partial charge >= 0.3 is 5.97 Å².